The van der Waals surface area contributed by atoms with E-state index in [0.29, 0.717) is 16.1 Å². The molecule has 0 amide bonds. The van der Waals surface area contributed by atoms with Crippen LogP contribution in [0.3, 0.4) is 0 Å². The molecule has 15 heavy (non-hydrogen) atoms. The van der Waals surface area contributed by atoms with Crippen molar-refractivity contribution in [2.75, 3.05) is 18.1 Å². The lowest BCUT2D eigenvalue weighted by atomic mass is 10.1. The first-order valence-corrected chi connectivity index (χ1v) is 6.92. The summed E-state index contributed by atoms with van der Waals surface area (Å²) < 4.78 is 0. The third-order valence-corrected chi connectivity index (χ3v) is 4.33. The molecule has 4 heteroatoms. The molecule has 1 heterocycles. The highest BCUT2D eigenvalue weighted by Crippen LogP contribution is 2.23. The maximum absolute atomic E-state index is 5.97. The van der Waals surface area contributed by atoms with Crippen LogP contribution in [0.15, 0.2) is 18.2 Å². The molecule has 1 aliphatic heterocycles. The Morgan fingerprint density at radius 3 is 2.87 bits per heavy atom. The molecule has 1 fully saturated rings. The van der Waals surface area contributed by atoms with E-state index in [4.69, 9.17) is 23.2 Å². The van der Waals surface area contributed by atoms with Gasteiger partial charge in [0.25, 0.3) is 0 Å². The summed E-state index contributed by atoms with van der Waals surface area (Å²) in [6.45, 7) is 1.11. The molecule has 0 spiro atoms. The van der Waals surface area contributed by atoms with Gasteiger partial charge in [-0.05, 0) is 24.1 Å². The molecule has 1 aromatic carbocycles. The Labute approximate surface area is 105 Å². The summed E-state index contributed by atoms with van der Waals surface area (Å²) in [6.07, 6.45) is 1.03. The van der Waals surface area contributed by atoms with E-state index in [1.165, 1.54) is 17.1 Å². The third kappa shape index (κ3) is 3.28. The van der Waals surface area contributed by atoms with E-state index >= 15 is 0 Å². The van der Waals surface area contributed by atoms with E-state index < -0.39 is 0 Å². The molecule has 1 N–H and O–H groups in total. The van der Waals surface area contributed by atoms with Crippen molar-refractivity contribution in [3.8, 4) is 0 Å². The Balaban J connectivity index is 2.00. The number of hydrogen-bond donors (Lipinski definition) is 1. The molecule has 1 aromatic rings. The summed E-state index contributed by atoms with van der Waals surface area (Å²) in [5, 5.41) is 4.79. The summed E-state index contributed by atoms with van der Waals surface area (Å²) in [4.78, 5) is 0. The van der Waals surface area contributed by atoms with Crippen LogP contribution in [0.4, 0.5) is 0 Å². The van der Waals surface area contributed by atoms with Gasteiger partial charge in [0.05, 0.1) is 10.0 Å². The summed E-state index contributed by atoms with van der Waals surface area (Å²) >= 11 is 13.9. The lowest BCUT2D eigenvalue weighted by Gasteiger charge is -2.23. The van der Waals surface area contributed by atoms with Gasteiger partial charge in [0.2, 0.25) is 0 Å². The first kappa shape index (κ1) is 11.6. The molecule has 1 atom stereocenters. The minimum absolute atomic E-state index is 0.570. The third-order valence-electron chi connectivity index (χ3n) is 2.46. The van der Waals surface area contributed by atoms with E-state index in [1.807, 2.05) is 23.9 Å². The number of thioether (sulfide) groups is 1. The standard InChI is InChI=1S/C11H13Cl2NS/c12-10-2-1-8(6-11(10)13)5-9-7-15-4-3-14-9/h1-2,6,9,14H,3-5,7H2. The lowest BCUT2D eigenvalue weighted by molar-refractivity contribution is 0.563. The van der Waals surface area contributed by atoms with Crippen LogP contribution in [0.25, 0.3) is 0 Å². The Morgan fingerprint density at radius 1 is 1.33 bits per heavy atom. The van der Waals surface area contributed by atoms with E-state index in [1.54, 1.807) is 0 Å². The largest absolute Gasteiger partial charge is 0.312 e. The maximum atomic E-state index is 5.97. The molecule has 0 saturated carbocycles. The predicted octanol–water partition coefficient (Wildman–Crippen LogP) is 3.24. The number of halogens is 2. The van der Waals surface area contributed by atoms with Gasteiger partial charge in [-0.15, -0.1) is 0 Å². The van der Waals surface area contributed by atoms with Crippen LogP contribution in [-0.4, -0.2) is 24.1 Å². The van der Waals surface area contributed by atoms with Crippen LogP contribution in [0.2, 0.25) is 10.0 Å². The van der Waals surface area contributed by atoms with Crippen LogP contribution < -0.4 is 5.32 Å². The Hall–Kier alpha value is 0.110. The Bertz CT molecular complexity index is 337. The van der Waals surface area contributed by atoms with Crippen molar-refractivity contribution in [3.05, 3.63) is 33.8 Å². The quantitative estimate of drug-likeness (QED) is 0.878. The fourth-order valence-electron chi connectivity index (χ4n) is 1.70. The van der Waals surface area contributed by atoms with Crippen molar-refractivity contribution in [2.45, 2.75) is 12.5 Å². The fraction of sp³-hybridized carbons (Fsp3) is 0.455. The molecule has 1 nitrogen and oxygen atoms in total. The van der Waals surface area contributed by atoms with Gasteiger partial charge in [0.1, 0.15) is 0 Å². The molecule has 0 aliphatic carbocycles. The second-order valence-electron chi connectivity index (χ2n) is 3.68. The first-order chi connectivity index (χ1) is 7.25. The number of hydrogen-bond acceptors (Lipinski definition) is 2. The van der Waals surface area contributed by atoms with E-state index in [-0.39, 0.29) is 0 Å². The minimum atomic E-state index is 0.570. The van der Waals surface area contributed by atoms with Crippen molar-refractivity contribution < 1.29 is 0 Å². The van der Waals surface area contributed by atoms with Crippen LogP contribution in [-0.2, 0) is 6.42 Å². The van der Waals surface area contributed by atoms with E-state index in [0.717, 1.165) is 13.0 Å². The van der Waals surface area contributed by atoms with Gasteiger partial charge in [-0.3, -0.25) is 0 Å². The molecular formula is C11H13Cl2NS. The summed E-state index contributed by atoms with van der Waals surface area (Å²) in [5.41, 5.74) is 1.25. The van der Waals surface area contributed by atoms with E-state index in [2.05, 4.69) is 11.4 Å². The molecule has 2 rings (SSSR count). The van der Waals surface area contributed by atoms with Crippen molar-refractivity contribution in [1.82, 2.24) is 5.32 Å². The normalized spacial score (nSPS) is 21.6. The van der Waals surface area contributed by atoms with Crippen LogP contribution in [0.5, 0.6) is 0 Å². The number of rotatable bonds is 2. The predicted molar refractivity (Wildman–Crippen MR) is 69.3 cm³/mol. The van der Waals surface area contributed by atoms with Gasteiger partial charge in [0, 0.05) is 24.1 Å². The number of benzene rings is 1. The van der Waals surface area contributed by atoms with Crippen LogP contribution in [0.1, 0.15) is 5.56 Å². The molecule has 1 saturated heterocycles. The first-order valence-electron chi connectivity index (χ1n) is 5.01. The van der Waals surface area contributed by atoms with E-state index in [9.17, 15) is 0 Å². The molecular weight excluding hydrogens is 249 g/mol. The maximum Gasteiger partial charge on any atom is 0.0595 e. The van der Waals surface area contributed by atoms with Gasteiger partial charge in [-0.1, -0.05) is 29.3 Å². The smallest absolute Gasteiger partial charge is 0.0595 e. The summed E-state index contributed by atoms with van der Waals surface area (Å²) in [7, 11) is 0. The Kier molecular flexibility index (Phi) is 4.21. The number of nitrogens with one attached hydrogen (secondary N) is 1. The zero-order valence-corrected chi connectivity index (χ0v) is 10.6. The molecule has 0 bridgehead atoms. The summed E-state index contributed by atoms with van der Waals surface area (Å²) in [6, 6.07) is 6.45. The van der Waals surface area contributed by atoms with Gasteiger partial charge >= 0.3 is 0 Å². The zero-order valence-electron chi connectivity index (χ0n) is 8.30. The highest BCUT2D eigenvalue weighted by atomic mass is 35.5. The van der Waals surface area contributed by atoms with Crippen LogP contribution >= 0.6 is 35.0 Å². The average Bonchev–Trinajstić information content (AvgIpc) is 2.25. The average molecular weight is 262 g/mol. The second kappa shape index (κ2) is 5.44. The SMILES string of the molecule is Clc1ccc(CC2CSCCN2)cc1Cl. The van der Waals surface area contributed by atoms with Gasteiger partial charge in [0.15, 0.2) is 0 Å². The van der Waals surface area contributed by atoms with Gasteiger partial charge in [-0.25, -0.2) is 0 Å². The molecule has 0 radical (unpaired) electrons. The van der Waals surface area contributed by atoms with Gasteiger partial charge < -0.3 is 5.32 Å². The monoisotopic (exact) mass is 261 g/mol. The topological polar surface area (TPSA) is 12.0 Å². The highest BCUT2D eigenvalue weighted by Gasteiger charge is 2.13. The highest BCUT2D eigenvalue weighted by molar-refractivity contribution is 7.99. The molecule has 1 unspecified atom stereocenters. The van der Waals surface area contributed by atoms with Crippen molar-refractivity contribution >= 4 is 35.0 Å². The fourth-order valence-corrected chi connectivity index (χ4v) is 2.97. The van der Waals surface area contributed by atoms with Crippen molar-refractivity contribution in [1.29, 1.82) is 0 Å². The molecule has 82 valence electrons. The Morgan fingerprint density at radius 2 is 2.20 bits per heavy atom. The van der Waals surface area contributed by atoms with Crippen molar-refractivity contribution in [3.63, 3.8) is 0 Å². The second-order valence-corrected chi connectivity index (χ2v) is 5.64. The van der Waals surface area contributed by atoms with Crippen molar-refractivity contribution in [2.24, 2.45) is 0 Å². The van der Waals surface area contributed by atoms with Crippen LogP contribution in [0, 0.1) is 0 Å². The minimum Gasteiger partial charge on any atom is -0.312 e. The lowest BCUT2D eigenvalue weighted by Crippen LogP contribution is -2.38. The van der Waals surface area contributed by atoms with Gasteiger partial charge in [-0.2, -0.15) is 11.8 Å². The molecule has 1 aliphatic rings. The summed E-state index contributed by atoms with van der Waals surface area (Å²) in [5.74, 6) is 2.40. The molecule has 0 aromatic heterocycles. The zero-order chi connectivity index (χ0) is 10.7.